The van der Waals surface area contributed by atoms with Crippen LogP contribution in [0.5, 0.6) is 0 Å². The van der Waals surface area contributed by atoms with Crippen LogP contribution < -0.4 is 5.32 Å². The minimum absolute atomic E-state index is 0. The Morgan fingerprint density at radius 3 is 2.79 bits per heavy atom. The van der Waals surface area contributed by atoms with Gasteiger partial charge < -0.3 is 20.1 Å². The minimum atomic E-state index is -0.755. The van der Waals surface area contributed by atoms with Crippen LogP contribution in [0, 0.1) is 0 Å². The van der Waals surface area contributed by atoms with E-state index in [9.17, 15) is 5.11 Å². The molecule has 0 fully saturated rings. The van der Waals surface area contributed by atoms with Gasteiger partial charge in [-0.2, -0.15) is 0 Å². The summed E-state index contributed by atoms with van der Waals surface area (Å²) in [7, 11) is 3.63. The Morgan fingerprint density at radius 2 is 2.14 bits per heavy atom. The number of nitrogens with one attached hydrogen (secondary N) is 1. The number of thiazole rings is 1. The van der Waals surface area contributed by atoms with Crippen molar-refractivity contribution in [3.63, 3.8) is 0 Å². The molecule has 156 valence electrons. The molecule has 2 rings (SSSR count). The third-order valence-corrected chi connectivity index (χ3v) is 5.44. The van der Waals surface area contributed by atoms with Crippen molar-refractivity contribution in [3.8, 4) is 0 Å². The van der Waals surface area contributed by atoms with Crippen LogP contribution in [-0.4, -0.2) is 48.2 Å². The average Bonchev–Trinajstić information content (AvgIpc) is 3.13. The standard InChI is InChI=1S/C19H27ClN4O2S.HI/c1-5-21-19(22-10-17(25)15-8-6-7-9-16(15)20)24(3)11-14-12-27-18(23-14)13(2)26-4;/h6-9,12-13,17,25H,5,10-11H2,1-4H3,(H,21,22);1H. The highest BCUT2D eigenvalue weighted by Crippen LogP contribution is 2.23. The molecule has 0 amide bonds. The molecule has 0 aliphatic rings. The largest absolute Gasteiger partial charge is 0.386 e. The van der Waals surface area contributed by atoms with Gasteiger partial charge in [0.25, 0.3) is 0 Å². The molecule has 0 saturated carbocycles. The third-order valence-electron chi connectivity index (χ3n) is 4.04. The van der Waals surface area contributed by atoms with Gasteiger partial charge in [-0.25, -0.2) is 4.98 Å². The normalized spacial score (nSPS) is 13.6. The van der Waals surface area contributed by atoms with Crippen LogP contribution in [0.4, 0.5) is 0 Å². The molecule has 0 bridgehead atoms. The molecule has 1 aromatic carbocycles. The number of aliphatic hydroxyl groups is 1. The summed E-state index contributed by atoms with van der Waals surface area (Å²) in [5.74, 6) is 0.706. The number of methoxy groups -OCH3 is 1. The van der Waals surface area contributed by atoms with Crippen molar-refractivity contribution in [1.82, 2.24) is 15.2 Å². The Labute approximate surface area is 193 Å². The first-order valence-electron chi connectivity index (χ1n) is 8.85. The van der Waals surface area contributed by atoms with Crippen molar-refractivity contribution in [2.45, 2.75) is 32.6 Å². The van der Waals surface area contributed by atoms with Crippen molar-refractivity contribution in [3.05, 3.63) is 50.9 Å². The zero-order valence-electron chi connectivity index (χ0n) is 16.6. The first kappa shape index (κ1) is 25.1. The number of aliphatic hydroxyl groups excluding tert-OH is 1. The number of aliphatic imine (C=N–C) groups is 1. The molecule has 2 N–H and O–H groups in total. The maximum Gasteiger partial charge on any atom is 0.194 e. The highest BCUT2D eigenvalue weighted by atomic mass is 127. The van der Waals surface area contributed by atoms with Crippen molar-refractivity contribution >= 4 is 52.9 Å². The van der Waals surface area contributed by atoms with Crippen LogP contribution >= 0.6 is 46.9 Å². The van der Waals surface area contributed by atoms with Gasteiger partial charge in [0.05, 0.1) is 18.8 Å². The van der Waals surface area contributed by atoms with Gasteiger partial charge in [-0.15, -0.1) is 35.3 Å². The summed E-state index contributed by atoms with van der Waals surface area (Å²) in [4.78, 5) is 11.2. The maximum atomic E-state index is 10.4. The van der Waals surface area contributed by atoms with Crippen molar-refractivity contribution in [2.75, 3.05) is 27.2 Å². The summed E-state index contributed by atoms with van der Waals surface area (Å²) >= 11 is 7.74. The van der Waals surface area contributed by atoms with E-state index in [2.05, 4.69) is 15.3 Å². The van der Waals surface area contributed by atoms with Crippen LogP contribution in [-0.2, 0) is 11.3 Å². The van der Waals surface area contributed by atoms with E-state index in [0.717, 1.165) is 17.2 Å². The maximum absolute atomic E-state index is 10.4. The summed E-state index contributed by atoms with van der Waals surface area (Å²) in [6.45, 7) is 5.55. The Morgan fingerprint density at radius 1 is 1.43 bits per heavy atom. The number of benzene rings is 1. The van der Waals surface area contributed by atoms with E-state index in [4.69, 9.17) is 16.3 Å². The van der Waals surface area contributed by atoms with Crippen molar-refractivity contribution in [1.29, 1.82) is 0 Å². The van der Waals surface area contributed by atoms with Crippen LogP contribution in [0.3, 0.4) is 0 Å². The second-order valence-corrected chi connectivity index (χ2v) is 7.44. The summed E-state index contributed by atoms with van der Waals surface area (Å²) in [5, 5.41) is 17.2. The fourth-order valence-corrected chi connectivity index (χ4v) is 3.59. The molecule has 2 unspecified atom stereocenters. The molecule has 28 heavy (non-hydrogen) atoms. The number of rotatable bonds is 8. The highest BCUT2D eigenvalue weighted by molar-refractivity contribution is 14.0. The monoisotopic (exact) mass is 538 g/mol. The first-order valence-corrected chi connectivity index (χ1v) is 10.1. The van der Waals surface area contributed by atoms with Crippen molar-refractivity contribution < 1.29 is 9.84 Å². The number of nitrogens with zero attached hydrogens (tertiary/aromatic N) is 3. The second kappa shape index (κ2) is 12.6. The fraction of sp³-hybridized carbons (Fsp3) is 0.474. The molecular formula is C19H28ClIN4O2S. The smallest absolute Gasteiger partial charge is 0.194 e. The van der Waals surface area contributed by atoms with E-state index in [1.165, 1.54) is 0 Å². The quantitative estimate of drug-likeness (QED) is 0.299. The zero-order valence-corrected chi connectivity index (χ0v) is 20.5. The molecule has 6 nitrogen and oxygen atoms in total. The molecule has 1 heterocycles. The Balaban J connectivity index is 0.00000392. The Bertz CT molecular complexity index is 759. The summed E-state index contributed by atoms with van der Waals surface area (Å²) in [5.41, 5.74) is 1.64. The van der Waals surface area contributed by atoms with E-state index in [-0.39, 0.29) is 36.6 Å². The number of guanidine groups is 1. The lowest BCUT2D eigenvalue weighted by atomic mass is 10.1. The number of ether oxygens (including phenoxy) is 1. The van der Waals surface area contributed by atoms with Gasteiger partial charge in [0.1, 0.15) is 17.2 Å². The van der Waals surface area contributed by atoms with Crippen LogP contribution in [0.2, 0.25) is 5.02 Å². The third kappa shape index (κ3) is 7.14. The van der Waals surface area contributed by atoms with Gasteiger partial charge in [0, 0.05) is 36.7 Å². The Kier molecular flexibility index (Phi) is 11.3. The van der Waals surface area contributed by atoms with E-state index in [1.807, 2.05) is 49.4 Å². The van der Waals surface area contributed by atoms with E-state index in [1.54, 1.807) is 24.5 Å². The van der Waals surface area contributed by atoms with Crippen LogP contribution in [0.1, 0.15) is 42.3 Å². The summed E-state index contributed by atoms with van der Waals surface area (Å²) in [6.07, 6.45) is -0.768. The van der Waals surface area contributed by atoms with Gasteiger partial charge in [0.15, 0.2) is 5.96 Å². The van der Waals surface area contributed by atoms with Crippen LogP contribution in [0.15, 0.2) is 34.6 Å². The number of aromatic nitrogens is 1. The summed E-state index contributed by atoms with van der Waals surface area (Å²) < 4.78 is 5.32. The molecule has 0 radical (unpaired) electrons. The number of hydrogen-bond donors (Lipinski definition) is 2. The van der Waals surface area contributed by atoms with Gasteiger partial charge in [0.2, 0.25) is 0 Å². The molecule has 0 saturated heterocycles. The predicted molar refractivity (Wildman–Crippen MR) is 127 cm³/mol. The molecule has 2 atom stereocenters. The van der Waals surface area contributed by atoms with Gasteiger partial charge >= 0.3 is 0 Å². The predicted octanol–water partition coefficient (Wildman–Crippen LogP) is 4.25. The molecular weight excluding hydrogens is 511 g/mol. The molecule has 0 spiro atoms. The SMILES string of the molecule is CCNC(=NCC(O)c1ccccc1Cl)N(C)Cc1csc(C(C)OC)n1.I. The number of halogens is 2. The lowest BCUT2D eigenvalue weighted by Gasteiger charge is -2.22. The van der Waals surface area contributed by atoms with Gasteiger partial charge in [-0.05, 0) is 19.9 Å². The lowest BCUT2D eigenvalue weighted by Crippen LogP contribution is -2.38. The first-order chi connectivity index (χ1) is 13.0. The van der Waals surface area contributed by atoms with E-state index >= 15 is 0 Å². The van der Waals surface area contributed by atoms with Crippen molar-refractivity contribution in [2.24, 2.45) is 4.99 Å². The van der Waals surface area contributed by atoms with E-state index in [0.29, 0.717) is 23.1 Å². The van der Waals surface area contributed by atoms with Gasteiger partial charge in [-0.3, -0.25) is 4.99 Å². The van der Waals surface area contributed by atoms with Crippen LogP contribution in [0.25, 0.3) is 0 Å². The Hall–Kier alpha value is -0.940. The lowest BCUT2D eigenvalue weighted by molar-refractivity contribution is 0.119. The molecule has 0 aliphatic carbocycles. The zero-order chi connectivity index (χ0) is 19.8. The van der Waals surface area contributed by atoms with Gasteiger partial charge in [-0.1, -0.05) is 29.8 Å². The molecule has 0 aliphatic heterocycles. The van der Waals surface area contributed by atoms with E-state index < -0.39 is 6.10 Å². The highest BCUT2D eigenvalue weighted by Gasteiger charge is 2.14. The minimum Gasteiger partial charge on any atom is -0.386 e. The molecule has 2 aromatic rings. The summed E-state index contributed by atoms with van der Waals surface area (Å²) in [6, 6.07) is 7.27. The molecule has 9 heteroatoms. The second-order valence-electron chi connectivity index (χ2n) is 6.14. The molecule has 1 aromatic heterocycles. The average molecular weight is 539 g/mol. The number of hydrogen-bond acceptors (Lipinski definition) is 5. The topological polar surface area (TPSA) is 70.0 Å². The fourth-order valence-electron chi connectivity index (χ4n) is 2.49.